The van der Waals surface area contributed by atoms with Crippen LogP contribution in [0.25, 0.3) is 0 Å². The maximum atomic E-state index is 13.5. The van der Waals surface area contributed by atoms with Crippen molar-refractivity contribution in [3.05, 3.63) is 57.9 Å². The first-order chi connectivity index (χ1) is 14.9. The van der Waals surface area contributed by atoms with Crippen LogP contribution in [0.2, 0.25) is 0 Å². The molecule has 2 heterocycles. The summed E-state index contributed by atoms with van der Waals surface area (Å²) in [6.07, 6.45) is 1.29. The maximum absolute atomic E-state index is 13.5. The number of fused-ring (bicyclic) bond motifs is 1. The summed E-state index contributed by atoms with van der Waals surface area (Å²) in [5.41, 5.74) is 3.48. The van der Waals surface area contributed by atoms with Crippen LogP contribution < -0.4 is 15.5 Å². The molecule has 1 aromatic heterocycles. The number of nitrogens with zero attached hydrogens (tertiary/aromatic N) is 1. The van der Waals surface area contributed by atoms with Gasteiger partial charge in [0, 0.05) is 36.2 Å². The molecule has 7 heteroatoms. The second-order valence-electron chi connectivity index (χ2n) is 8.86. The zero-order valence-electron chi connectivity index (χ0n) is 18.2. The predicted molar refractivity (Wildman–Crippen MR) is 124 cm³/mol. The molecule has 1 aliphatic carbocycles. The molecule has 164 valence electrons. The van der Waals surface area contributed by atoms with E-state index in [1.165, 1.54) is 0 Å². The SMILES string of the molecule is COCCNC(=O)CN1c2ccccc2NC2=C(C(=O)CC(C)(C)C2)[C@H]1c1cccs1. The van der Waals surface area contributed by atoms with Crippen molar-refractivity contribution < 1.29 is 14.3 Å². The first-order valence-corrected chi connectivity index (χ1v) is 11.5. The summed E-state index contributed by atoms with van der Waals surface area (Å²) in [5, 5.41) is 8.51. The number of allylic oxidation sites excluding steroid dienone is 1. The Morgan fingerprint density at radius 1 is 1.26 bits per heavy atom. The summed E-state index contributed by atoms with van der Waals surface area (Å²) in [5.74, 6) is 0.0517. The lowest BCUT2D eigenvalue weighted by atomic mass is 9.74. The number of para-hydroxylation sites is 2. The number of ether oxygens (including phenoxy) is 1. The number of hydrogen-bond donors (Lipinski definition) is 2. The number of rotatable bonds is 6. The molecule has 0 saturated heterocycles. The second-order valence-corrected chi connectivity index (χ2v) is 9.84. The van der Waals surface area contributed by atoms with Crippen LogP contribution in [0.15, 0.2) is 53.0 Å². The quantitative estimate of drug-likeness (QED) is 0.663. The third-order valence-electron chi connectivity index (χ3n) is 5.76. The van der Waals surface area contributed by atoms with Gasteiger partial charge in [0.25, 0.3) is 0 Å². The first-order valence-electron chi connectivity index (χ1n) is 10.6. The van der Waals surface area contributed by atoms with E-state index in [0.717, 1.165) is 33.9 Å². The van der Waals surface area contributed by atoms with Gasteiger partial charge in [-0.1, -0.05) is 32.0 Å². The Kier molecular flexibility index (Phi) is 6.16. The molecule has 2 aromatic rings. The molecule has 0 bridgehead atoms. The minimum atomic E-state index is -0.303. The number of carbonyl (C=O) groups excluding carboxylic acids is 2. The van der Waals surface area contributed by atoms with Gasteiger partial charge in [0.05, 0.1) is 30.6 Å². The highest BCUT2D eigenvalue weighted by molar-refractivity contribution is 7.10. The molecule has 31 heavy (non-hydrogen) atoms. The second kappa shape index (κ2) is 8.85. The summed E-state index contributed by atoms with van der Waals surface area (Å²) in [4.78, 5) is 29.4. The van der Waals surface area contributed by atoms with Crippen molar-refractivity contribution >= 4 is 34.4 Å². The number of amides is 1. The molecule has 0 radical (unpaired) electrons. The molecule has 0 unspecified atom stereocenters. The minimum Gasteiger partial charge on any atom is -0.383 e. The van der Waals surface area contributed by atoms with Gasteiger partial charge in [-0.15, -0.1) is 11.3 Å². The summed E-state index contributed by atoms with van der Waals surface area (Å²) in [6.45, 7) is 5.33. The monoisotopic (exact) mass is 439 g/mol. The lowest BCUT2D eigenvalue weighted by molar-refractivity contribution is -0.121. The number of Topliss-reactive ketones (excluding diaryl/α,β-unsaturated/α-hetero) is 1. The van der Waals surface area contributed by atoms with E-state index in [4.69, 9.17) is 4.74 Å². The highest BCUT2D eigenvalue weighted by Crippen LogP contribution is 2.48. The number of thiophene rings is 1. The van der Waals surface area contributed by atoms with Crippen LogP contribution in [-0.2, 0) is 14.3 Å². The Morgan fingerprint density at radius 3 is 2.81 bits per heavy atom. The molecule has 1 aromatic carbocycles. The molecule has 0 spiro atoms. The van der Waals surface area contributed by atoms with E-state index < -0.39 is 0 Å². The highest BCUT2D eigenvalue weighted by Gasteiger charge is 2.42. The Balaban J connectivity index is 1.82. The zero-order chi connectivity index (χ0) is 22.0. The largest absolute Gasteiger partial charge is 0.383 e. The summed E-state index contributed by atoms with van der Waals surface area (Å²) >= 11 is 1.62. The van der Waals surface area contributed by atoms with Crippen molar-refractivity contribution in [2.75, 3.05) is 37.0 Å². The number of hydrogen-bond acceptors (Lipinski definition) is 6. The van der Waals surface area contributed by atoms with Gasteiger partial charge < -0.3 is 20.3 Å². The average molecular weight is 440 g/mol. The first kappa shape index (κ1) is 21.6. The molecule has 6 nitrogen and oxygen atoms in total. The molecule has 4 rings (SSSR count). The van der Waals surface area contributed by atoms with Crippen LogP contribution in [0.4, 0.5) is 11.4 Å². The number of ketones is 1. The van der Waals surface area contributed by atoms with Gasteiger partial charge in [-0.05, 0) is 35.4 Å². The van der Waals surface area contributed by atoms with Gasteiger partial charge in [-0.25, -0.2) is 0 Å². The minimum absolute atomic E-state index is 0.0963. The van der Waals surface area contributed by atoms with Gasteiger partial charge in [-0.3, -0.25) is 9.59 Å². The van der Waals surface area contributed by atoms with Crippen LogP contribution in [0, 0.1) is 5.41 Å². The van der Waals surface area contributed by atoms with Gasteiger partial charge in [0.1, 0.15) is 0 Å². The molecule has 2 aliphatic rings. The van der Waals surface area contributed by atoms with E-state index >= 15 is 0 Å². The van der Waals surface area contributed by atoms with Gasteiger partial charge in [0.2, 0.25) is 5.91 Å². The third kappa shape index (κ3) is 4.52. The van der Waals surface area contributed by atoms with Crippen LogP contribution >= 0.6 is 11.3 Å². The predicted octanol–water partition coefficient (Wildman–Crippen LogP) is 4.13. The van der Waals surface area contributed by atoms with Gasteiger partial charge in [-0.2, -0.15) is 0 Å². The lowest BCUT2D eigenvalue weighted by Crippen LogP contribution is -2.42. The van der Waals surface area contributed by atoms with Crippen molar-refractivity contribution in [1.29, 1.82) is 0 Å². The van der Waals surface area contributed by atoms with E-state index in [9.17, 15) is 9.59 Å². The molecular formula is C24H29N3O3S. The average Bonchev–Trinajstić information content (AvgIpc) is 3.19. The van der Waals surface area contributed by atoms with E-state index in [1.807, 2.05) is 35.7 Å². The fraction of sp³-hybridized carbons (Fsp3) is 0.417. The molecule has 1 aliphatic heterocycles. The summed E-state index contributed by atoms with van der Waals surface area (Å²) in [6, 6.07) is 11.7. The zero-order valence-corrected chi connectivity index (χ0v) is 19.1. The molecule has 1 amide bonds. The molecule has 0 saturated carbocycles. The van der Waals surface area contributed by atoms with Crippen LogP contribution in [-0.4, -0.2) is 38.5 Å². The fourth-order valence-corrected chi connectivity index (χ4v) is 5.32. The van der Waals surface area contributed by atoms with E-state index in [1.54, 1.807) is 18.4 Å². The Labute approximate surface area is 187 Å². The van der Waals surface area contributed by atoms with E-state index in [0.29, 0.717) is 19.6 Å². The Morgan fingerprint density at radius 2 is 2.06 bits per heavy atom. The smallest absolute Gasteiger partial charge is 0.239 e. The summed E-state index contributed by atoms with van der Waals surface area (Å²) in [7, 11) is 1.61. The van der Waals surface area contributed by atoms with Crippen LogP contribution in [0.3, 0.4) is 0 Å². The highest BCUT2D eigenvalue weighted by atomic mass is 32.1. The number of carbonyl (C=O) groups is 2. The number of methoxy groups -OCH3 is 1. The molecule has 1 atom stereocenters. The fourth-order valence-electron chi connectivity index (χ4n) is 4.47. The van der Waals surface area contributed by atoms with Crippen molar-refractivity contribution in [3.8, 4) is 0 Å². The molecular weight excluding hydrogens is 410 g/mol. The number of anilines is 2. The Bertz CT molecular complexity index is 997. The third-order valence-corrected chi connectivity index (χ3v) is 6.68. The van der Waals surface area contributed by atoms with E-state index in [-0.39, 0.29) is 29.7 Å². The standard InChI is InChI=1S/C24H29N3O3S/c1-24(2)13-17-22(19(28)14-24)23(20-9-6-12-31-20)27(15-21(29)25-10-11-30-3)18-8-5-4-7-16(18)26-17/h4-9,12,23,26H,10-11,13-15H2,1-3H3,(H,25,29)/t23-/m1/s1. The Hall–Kier alpha value is -2.64. The molecule has 2 N–H and O–H groups in total. The topological polar surface area (TPSA) is 70.7 Å². The normalized spacial score (nSPS) is 19.9. The van der Waals surface area contributed by atoms with Crippen LogP contribution in [0.5, 0.6) is 0 Å². The van der Waals surface area contributed by atoms with E-state index in [2.05, 4.69) is 35.4 Å². The summed E-state index contributed by atoms with van der Waals surface area (Å²) < 4.78 is 5.05. The maximum Gasteiger partial charge on any atom is 0.239 e. The van der Waals surface area contributed by atoms with Crippen LogP contribution in [0.1, 0.15) is 37.6 Å². The number of benzene rings is 1. The van der Waals surface area contributed by atoms with Crippen molar-refractivity contribution in [3.63, 3.8) is 0 Å². The van der Waals surface area contributed by atoms with Gasteiger partial charge in [0.15, 0.2) is 5.78 Å². The van der Waals surface area contributed by atoms with Crippen molar-refractivity contribution in [2.24, 2.45) is 5.41 Å². The van der Waals surface area contributed by atoms with Gasteiger partial charge >= 0.3 is 0 Å². The molecule has 0 fully saturated rings. The number of nitrogens with one attached hydrogen (secondary N) is 2. The van der Waals surface area contributed by atoms with Crippen molar-refractivity contribution in [2.45, 2.75) is 32.7 Å². The lowest BCUT2D eigenvalue weighted by Gasteiger charge is -2.37. The van der Waals surface area contributed by atoms with Crippen molar-refractivity contribution in [1.82, 2.24) is 5.32 Å².